The molecule has 1 atom stereocenters. The van der Waals surface area contributed by atoms with Crippen LogP contribution in [0.1, 0.15) is 26.7 Å². The molecule has 110 valence electrons. The van der Waals surface area contributed by atoms with E-state index in [-0.39, 0.29) is 37.2 Å². The lowest BCUT2D eigenvalue weighted by atomic mass is 10.0. The summed E-state index contributed by atoms with van der Waals surface area (Å²) in [5.41, 5.74) is 5.20. The molecule has 0 bridgehead atoms. The number of hydrogen-bond donors (Lipinski definition) is 3. The molecule has 0 saturated carbocycles. The first-order valence-corrected chi connectivity index (χ1v) is 6.24. The van der Waals surface area contributed by atoms with Crippen molar-refractivity contribution in [1.82, 2.24) is 10.6 Å². The molecule has 7 nitrogen and oxygen atoms in total. The van der Waals surface area contributed by atoms with E-state index >= 15 is 0 Å². The van der Waals surface area contributed by atoms with Gasteiger partial charge in [0.15, 0.2) is 0 Å². The van der Waals surface area contributed by atoms with Crippen molar-refractivity contribution in [3.05, 3.63) is 0 Å². The average molecular weight is 273 g/mol. The number of methoxy groups -OCH3 is 1. The van der Waals surface area contributed by atoms with Gasteiger partial charge in [0.1, 0.15) is 6.04 Å². The van der Waals surface area contributed by atoms with Crippen molar-refractivity contribution in [1.29, 1.82) is 0 Å². The van der Waals surface area contributed by atoms with E-state index in [4.69, 9.17) is 5.73 Å². The Morgan fingerprint density at radius 3 is 2.37 bits per heavy atom. The van der Waals surface area contributed by atoms with Gasteiger partial charge in [-0.3, -0.25) is 14.4 Å². The van der Waals surface area contributed by atoms with E-state index < -0.39 is 12.0 Å². The standard InChI is InChI=1S/C12H23N3O4/c1-8(2)6-9(15-10(16)7-13)12(18)14-5-4-11(17)19-3/h8-9H,4-7,13H2,1-3H3,(H,14,18)(H,15,16). The fourth-order valence-corrected chi connectivity index (χ4v) is 1.47. The highest BCUT2D eigenvalue weighted by atomic mass is 16.5. The fourth-order valence-electron chi connectivity index (χ4n) is 1.47. The third-order valence-corrected chi connectivity index (χ3v) is 2.40. The number of ether oxygens (including phenoxy) is 1. The summed E-state index contributed by atoms with van der Waals surface area (Å²) in [6.07, 6.45) is 0.608. The van der Waals surface area contributed by atoms with Gasteiger partial charge in [-0.25, -0.2) is 0 Å². The lowest BCUT2D eigenvalue weighted by Crippen LogP contribution is -2.49. The second-order valence-electron chi connectivity index (χ2n) is 4.57. The molecular formula is C12H23N3O4. The molecule has 0 saturated heterocycles. The summed E-state index contributed by atoms with van der Waals surface area (Å²) in [6, 6.07) is -0.631. The molecule has 0 aliphatic rings. The van der Waals surface area contributed by atoms with Gasteiger partial charge in [0.25, 0.3) is 0 Å². The Hall–Kier alpha value is -1.63. The molecule has 0 aromatic heterocycles. The number of hydrogen-bond acceptors (Lipinski definition) is 5. The number of nitrogens with two attached hydrogens (primary N) is 1. The predicted octanol–water partition coefficient (Wildman–Crippen LogP) is -0.845. The third-order valence-electron chi connectivity index (χ3n) is 2.40. The van der Waals surface area contributed by atoms with Crippen LogP contribution in [0.3, 0.4) is 0 Å². The number of carbonyl (C=O) groups excluding carboxylic acids is 3. The minimum absolute atomic E-state index is 0.0987. The normalized spacial score (nSPS) is 11.8. The smallest absolute Gasteiger partial charge is 0.307 e. The van der Waals surface area contributed by atoms with E-state index in [1.165, 1.54) is 7.11 Å². The maximum Gasteiger partial charge on any atom is 0.307 e. The van der Waals surface area contributed by atoms with Gasteiger partial charge < -0.3 is 21.1 Å². The van der Waals surface area contributed by atoms with Crippen LogP contribution in [0.4, 0.5) is 0 Å². The van der Waals surface area contributed by atoms with Gasteiger partial charge in [-0.1, -0.05) is 13.8 Å². The highest BCUT2D eigenvalue weighted by molar-refractivity contribution is 5.88. The van der Waals surface area contributed by atoms with Gasteiger partial charge in [0.05, 0.1) is 20.1 Å². The topological polar surface area (TPSA) is 111 Å². The molecule has 19 heavy (non-hydrogen) atoms. The van der Waals surface area contributed by atoms with Crippen molar-refractivity contribution < 1.29 is 19.1 Å². The molecule has 0 aromatic carbocycles. The molecule has 0 spiro atoms. The predicted molar refractivity (Wildman–Crippen MR) is 70.1 cm³/mol. The van der Waals surface area contributed by atoms with Crippen molar-refractivity contribution >= 4 is 17.8 Å². The SMILES string of the molecule is COC(=O)CCNC(=O)C(CC(C)C)NC(=O)CN. The molecule has 0 aliphatic heterocycles. The highest BCUT2D eigenvalue weighted by Gasteiger charge is 2.21. The van der Waals surface area contributed by atoms with Crippen molar-refractivity contribution in [2.45, 2.75) is 32.7 Å². The first kappa shape index (κ1) is 17.4. The molecular weight excluding hydrogens is 250 g/mol. The first-order valence-electron chi connectivity index (χ1n) is 6.24. The quantitative estimate of drug-likeness (QED) is 0.499. The van der Waals surface area contributed by atoms with Crippen LogP contribution < -0.4 is 16.4 Å². The van der Waals surface area contributed by atoms with Gasteiger partial charge in [-0.15, -0.1) is 0 Å². The maximum atomic E-state index is 11.9. The molecule has 0 heterocycles. The number of nitrogens with one attached hydrogen (secondary N) is 2. The van der Waals surface area contributed by atoms with Crippen molar-refractivity contribution in [3.63, 3.8) is 0 Å². The Morgan fingerprint density at radius 1 is 1.26 bits per heavy atom. The molecule has 2 amide bonds. The second kappa shape index (κ2) is 9.32. The zero-order valence-electron chi connectivity index (χ0n) is 11.7. The molecule has 0 aliphatic carbocycles. The average Bonchev–Trinajstić information content (AvgIpc) is 2.36. The largest absolute Gasteiger partial charge is 0.469 e. The Morgan fingerprint density at radius 2 is 1.89 bits per heavy atom. The Bertz CT molecular complexity index is 318. The van der Waals surface area contributed by atoms with Crippen LogP contribution in [-0.2, 0) is 19.1 Å². The van der Waals surface area contributed by atoms with Gasteiger partial charge >= 0.3 is 5.97 Å². The molecule has 0 aromatic rings. The van der Waals surface area contributed by atoms with E-state index in [2.05, 4.69) is 15.4 Å². The summed E-state index contributed by atoms with van der Waals surface area (Å²) in [7, 11) is 1.28. The molecule has 0 rings (SSSR count). The monoisotopic (exact) mass is 273 g/mol. The molecule has 0 fully saturated rings. The lowest BCUT2D eigenvalue weighted by Gasteiger charge is -2.19. The van der Waals surface area contributed by atoms with Crippen LogP contribution in [0.5, 0.6) is 0 Å². The van der Waals surface area contributed by atoms with Crippen LogP contribution in [0.25, 0.3) is 0 Å². The summed E-state index contributed by atoms with van der Waals surface area (Å²) in [5.74, 6) is -0.852. The zero-order valence-corrected chi connectivity index (χ0v) is 11.7. The Balaban J connectivity index is 4.29. The minimum Gasteiger partial charge on any atom is -0.469 e. The van der Waals surface area contributed by atoms with Crippen LogP contribution in [-0.4, -0.2) is 44.0 Å². The van der Waals surface area contributed by atoms with Crippen LogP contribution >= 0.6 is 0 Å². The van der Waals surface area contributed by atoms with Crippen molar-refractivity contribution in [2.24, 2.45) is 11.7 Å². The van der Waals surface area contributed by atoms with Crippen LogP contribution in [0, 0.1) is 5.92 Å². The van der Waals surface area contributed by atoms with E-state index in [1.54, 1.807) is 0 Å². The van der Waals surface area contributed by atoms with E-state index in [0.29, 0.717) is 6.42 Å². The maximum absolute atomic E-state index is 11.9. The lowest BCUT2D eigenvalue weighted by molar-refractivity contribution is -0.140. The van der Waals surface area contributed by atoms with Crippen molar-refractivity contribution in [3.8, 4) is 0 Å². The van der Waals surface area contributed by atoms with Gasteiger partial charge in [0.2, 0.25) is 11.8 Å². The summed E-state index contributed by atoms with van der Waals surface area (Å²) in [6.45, 7) is 3.91. The highest BCUT2D eigenvalue weighted by Crippen LogP contribution is 2.05. The Labute approximate surface area is 113 Å². The minimum atomic E-state index is -0.631. The second-order valence-corrected chi connectivity index (χ2v) is 4.57. The summed E-state index contributed by atoms with van der Waals surface area (Å²) in [5, 5.41) is 5.15. The van der Waals surface area contributed by atoms with Gasteiger partial charge in [-0.05, 0) is 12.3 Å². The van der Waals surface area contributed by atoms with Gasteiger partial charge in [-0.2, -0.15) is 0 Å². The third kappa shape index (κ3) is 8.15. The number of rotatable bonds is 8. The number of carbonyl (C=O) groups is 3. The summed E-state index contributed by atoms with van der Waals surface area (Å²) in [4.78, 5) is 34.0. The number of esters is 1. The van der Waals surface area contributed by atoms with E-state index in [9.17, 15) is 14.4 Å². The zero-order chi connectivity index (χ0) is 14.8. The molecule has 4 N–H and O–H groups in total. The molecule has 0 radical (unpaired) electrons. The van der Waals surface area contributed by atoms with Crippen LogP contribution in [0.2, 0.25) is 0 Å². The van der Waals surface area contributed by atoms with Gasteiger partial charge in [0, 0.05) is 6.54 Å². The fraction of sp³-hybridized carbons (Fsp3) is 0.750. The summed E-state index contributed by atoms with van der Waals surface area (Å²) >= 11 is 0. The molecule has 7 heteroatoms. The van der Waals surface area contributed by atoms with Crippen LogP contribution in [0.15, 0.2) is 0 Å². The molecule has 1 unspecified atom stereocenters. The van der Waals surface area contributed by atoms with E-state index in [0.717, 1.165) is 0 Å². The van der Waals surface area contributed by atoms with Crippen molar-refractivity contribution in [2.75, 3.05) is 20.2 Å². The number of amides is 2. The Kier molecular flexibility index (Phi) is 8.52. The summed E-state index contributed by atoms with van der Waals surface area (Å²) < 4.78 is 4.46. The first-order chi connectivity index (χ1) is 8.90. The van der Waals surface area contributed by atoms with E-state index in [1.807, 2.05) is 13.8 Å².